The largest absolute Gasteiger partial charge is 0.481 e. The van der Waals surface area contributed by atoms with Crippen molar-refractivity contribution < 1.29 is 39.0 Å². The molecule has 4 amide bonds. The van der Waals surface area contributed by atoms with Crippen LogP contribution in [-0.4, -0.2) is 75.7 Å². The maximum absolute atomic E-state index is 13.1. The van der Waals surface area contributed by atoms with E-state index < -0.39 is 66.2 Å². The molecule has 0 saturated heterocycles. The Hall–Kier alpha value is -3.65. The number of carbonyl (C=O) groups excluding carboxylic acids is 4. The SMILES string of the molecule is NC(=O)CCC(NC(=O)C(Cc1ccccc1)NC(=O)C(N)CC(=O)O)C(=O)NC(CS)C(=O)O. The van der Waals surface area contributed by atoms with Gasteiger partial charge in [0.25, 0.3) is 0 Å². The second-order valence-electron chi connectivity index (χ2n) is 7.60. The van der Waals surface area contributed by atoms with Gasteiger partial charge in [0, 0.05) is 18.6 Å². The summed E-state index contributed by atoms with van der Waals surface area (Å²) in [6.45, 7) is 0. The number of carbonyl (C=O) groups is 6. The van der Waals surface area contributed by atoms with Crippen LogP contribution in [0.5, 0.6) is 0 Å². The zero-order chi connectivity index (χ0) is 26.5. The first-order valence-electron chi connectivity index (χ1n) is 10.5. The molecule has 14 heteroatoms. The van der Waals surface area contributed by atoms with Crippen molar-refractivity contribution in [3.05, 3.63) is 35.9 Å². The van der Waals surface area contributed by atoms with Crippen molar-refractivity contribution in [1.82, 2.24) is 16.0 Å². The highest BCUT2D eigenvalue weighted by atomic mass is 32.1. The lowest BCUT2D eigenvalue weighted by atomic mass is 10.0. The van der Waals surface area contributed by atoms with Crippen LogP contribution in [0.3, 0.4) is 0 Å². The number of hydrogen-bond donors (Lipinski definition) is 8. The molecule has 1 rings (SSSR count). The number of nitrogens with one attached hydrogen (secondary N) is 3. The number of primary amides is 1. The first-order valence-corrected chi connectivity index (χ1v) is 11.1. The highest BCUT2D eigenvalue weighted by Gasteiger charge is 2.30. The zero-order valence-corrected chi connectivity index (χ0v) is 19.6. The van der Waals surface area contributed by atoms with Crippen molar-refractivity contribution in [2.24, 2.45) is 11.5 Å². The van der Waals surface area contributed by atoms with Crippen molar-refractivity contribution in [1.29, 1.82) is 0 Å². The summed E-state index contributed by atoms with van der Waals surface area (Å²) in [5.41, 5.74) is 11.4. The van der Waals surface area contributed by atoms with Crippen molar-refractivity contribution in [3.8, 4) is 0 Å². The number of rotatable bonds is 15. The van der Waals surface area contributed by atoms with Crippen molar-refractivity contribution in [3.63, 3.8) is 0 Å². The number of hydrogen-bond acceptors (Lipinski definition) is 8. The van der Waals surface area contributed by atoms with Gasteiger partial charge in [0.1, 0.15) is 18.1 Å². The first-order chi connectivity index (χ1) is 16.4. The quantitative estimate of drug-likeness (QED) is 0.119. The maximum atomic E-state index is 13.1. The molecule has 1 aromatic carbocycles. The number of benzene rings is 1. The molecule has 9 N–H and O–H groups in total. The smallest absolute Gasteiger partial charge is 0.327 e. The molecular weight excluding hydrogens is 482 g/mol. The van der Waals surface area contributed by atoms with E-state index in [2.05, 4.69) is 28.6 Å². The molecule has 0 spiro atoms. The predicted octanol–water partition coefficient (Wildman–Crippen LogP) is -2.23. The third-order valence-electron chi connectivity index (χ3n) is 4.76. The summed E-state index contributed by atoms with van der Waals surface area (Å²) in [5, 5.41) is 25.0. The van der Waals surface area contributed by atoms with E-state index in [4.69, 9.17) is 21.7 Å². The summed E-state index contributed by atoms with van der Waals surface area (Å²) in [6.07, 6.45) is -1.24. The molecule has 4 atom stereocenters. The highest BCUT2D eigenvalue weighted by Crippen LogP contribution is 2.07. The van der Waals surface area contributed by atoms with Gasteiger partial charge in [-0.3, -0.25) is 24.0 Å². The lowest BCUT2D eigenvalue weighted by Crippen LogP contribution is -2.58. The van der Waals surface area contributed by atoms with Gasteiger partial charge in [-0.1, -0.05) is 30.3 Å². The minimum absolute atomic E-state index is 0.0310. The molecule has 13 nitrogen and oxygen atoms in total. The van der Waals surface area contributed by atoms with Crippen LogP contribution < -0.4 is 27.4 Å². The van der Waals surface area contributed by atoms with E-state index in [9.17, 15) is 28.8 Å². The number of aliphatic carboxylic acids is 2. The van der Waals surface area contributed by atoms with E-state index in [1.165, 1.54) is 0 Å². The van der Waals surface area contributed by atoms with Crippen molar-refractivity contribution in [2.45, 2.75) is 49.9 Å². The van der Waals surface area contributed by atoms with E-state index in [-0.39, 0.29) is 25.0 Å². The van der Waals surface area contributed by atoms with Crippen LogP contribution in [0.25, 0.3) is 0 Å². The Balaban J connectivity index is 3.10. The van der Waals surface area contributed by atoms with Gasteiger partial charge < -0.3 is 37.6 Å². The molecule has 1 aromatic rings. The molecule has 35 heavy (non-hydrogen) atoms. The molecule has 0 saturated carbocycles. The van der Waals surface area contributed by atoms with Gasteiger partial charge in [-0.15, -0.1) is 0 Å². The van der Waals surface area contributed by atoms with Gasteiger partial charge in [0.2, 0.25) is 23.6 Å². The zero-order valence-electron chi connectivity index (χ0n) is 18.7. The Morgan fingerprint density at radius 2 is 1.40 bits per heavy atom. The average molecular weight is 512 g/mol. The Morgan fingerprint density at radius 1 is 0.857 bits per heavy atom. The molecule has 0 heterocycles. The standard InChI is InChI=1S/C21H29N5O8S/c22-12(9-17(28)29)18(30)25-14(8-11-4-2-1-3-5-11)20(32)24-13(6-7-16(23)27)19(31)26-15(10-35)21(33)34/h1-5,12-15,35H,6-10,22H2,(H2,23,27)(H,24,32)(H,25,30)(H,26,31)(H,28,29)(H,33,34). The lowest BCUT2D eigenvalue weighted by molar-refractivity contribution is -0.141. The Morgan fingerprint density at radius 3 is 1.91 bits per heavy atom. The maximum Gasteiger partial charge on any atom is 0.327 e. The fourth-order valence-corrected chi connectivity index (χ4v) is 3.15. The number of nitrogens with two attached hydrogens (primary N) is 2. The summed E-state index contributed by atoms with van der Waals surface area (Å²) >= 11 is 3.86. The minimum Gasteiger partial charge on any atom is -0.481 e. The van der Waals surface area contributed by atoms with Crippen LogP contribution >= 0.6 is 12.6 Å². The van der Waals surface area contributed by atoms with Crippen LogP contribution in [-0.2, 0) is 35.2 Å². The van der Waals surface area contributed by atoms with E-state index in [1.54, 1.807) is 30.3 Å². The third-order valence-corrected chi connectivity index (χ3v) is 5.12. The van der Waals surface area contributed by atoms with Crippen LogP contribution in [0.1, 0.15) is 24.8 Å². The van der Waals surface area contributed by atoms with Crippen LogP contribution in [0.4, 0.5) is 0 Å². The van der Waals surface area contributed by atoms with Gasteiger partial charge >= 0.3 is 11.9 Å². The molecule has 0 radical (unpaired) electrons. The van der Waals surface area contributed by atoms with Crippen LogP contribution in [0.15, 0.2) is 30.3 Å². The third kappa shape index (κ3) is 10.9. The van der Waals surface area contributed by atoms with E-state index in [0.29, 0.717) is 5.56 Å². The molecule has 0 bridgehead atoms. The summed E-state index contributed by atoms with van der Waals surface area (Å²) in [7, 11) is 0. The molecule has 0 aliphatic heterocycles. The van der Waals surface area contributed by atoms with Gasteiger partial charge in [0.05, 0.1) is 12.5 Å². The molecule has 0 fully saturated rings. The van der Waals surface area contributed by atoms with Gasteiger partial charge in [-0.2, -0.15) is 12.6 Å². The molecule has 192 valence electrons. The fraction of sp³-hybridized carbons (Fsp3) is 0.429. The van der Waals surface area contributed by atoms with Crippen molar-refractivity contribution in [2.75, 3.05) is 5.75 Å². The van der Waals surface area contributed by atoms with Crippen LogP contribution in [0.2, 0.25) is 0 Å². The molecule has 0 aliphatic rings. The molecule has 0 aromatic heterocycles. The van der Waals surface area contributed by atoms with E-state index in [0.717, 1.165) is 0 Å². The fourth-order valence-electron chi connectivity index (χ4n) is 2.90. The Bertz CT molecular complexity index is 930. The van der Waals surface area contributed by atoms with Gasteiger partial charge in [-0.25, -0.2) is 4.79 Å². The number of thiol groups is 1. The monoisotopic (exact) mass is 511 g/mol. The Labute approximate surface area is 206 Å². The number of carboxylic acids is 2. The predicted molar refractivity (Wildman–Crippen MR) is 126 cm³/mol. The normalized spacial score (nSPS) is 14.0. The van der Waals surface area contributed by atoms with Gasteiger partial charge in [0.15, 0.2) is 0 Å². The van der Waals surface area contributed by atoms with E-state index in [1.807, 2.05) is 0 Å². The summed E-state index contributed by atoms with van der Waals surface area (Å²) in [4.78, 5) is 71.4. The first kappa shape index (κ1) is 29.4. The number of carboxylic acid groups (broad SMARTS) is 2. The second-order valence-corrected chi connectivity index (χ2v) is 7.97. The lowest BCUT2D eigenvalue weighted by Gasteiger charge is -2.25. The topological polar surface area (TPSA) is 231 Å². The van der Waals surface area contributed by atoms with Gasteiger partial charge in [-0.05, 0) is 12.0 Å². The molecular formula is C21H29N5O8S. The summed E-state index contributed by atoms with van der Waals surface area (Å²) < 4.78 is 0. The highest BCUT2D eigenvalue weighted by molar-refractivity contribution is 7.80. The number of amides is 4. The van der Waals surface area contributed by atoms with E-state index >= 15 is 0 Å². The van der Waals surface area contributed by atoms with Crippen molar-refractivity contribution >= 4 is 48.2 Å². The van der Waals surface area contributed by atoms with Crippen LogP contribution in [0, 0.1) is 0 Å². The summed E-state index contributed by atoms with van der Waals surface area (Å²) in [6, 6.07) is 3.10. The Kier molecular flexibility index (Phi) is 12.2. The summed E-state index contributed by atoms with van der Waals surface area (Å²) in [5.74, 6) is -6.28. The molecule has 0 aliphatic carbocycles. The molecule has 4 unspecified atom stereocenters. The second kappa shape index (κ2) is 14.6. The average Bonchev–Trinajstić information content (AvgIpc) is 2.79. The minimum atomic E-state index is -1.43.